The second kappa shape index (κ2) is 5.92. The molecule has 4 nitrogen and oxygen atoms in total. The number of halogens is 1. The summed E-state index contributed by atoms with van der Waals surface area (Å²) in [6.07, 6.45) is 3.33. The Kier molecular flexibility index (Phi) is 4.01. The lowest BCUT2D eigenvalue weighted by Crippen LogP contribution is -2.37. The molecule has 1 saturated heterocycles. The van der Waals surface area contributed by atoms with Crippen LogP contribution in [0.25, 0.3) is 0 Å². The Morgan fingerprint density at radius 3 is 2.55 bits per heavy atom. The van der Waals surface area contributed by atoms with E-state index in [4.69, 9.17) is 21.1 Å². The highest BCUT2D eigenvalue weighted by Gasteiger charge is 2.26. The summed E-state index contributed by atoms with van der Waals surface area (Å²) in [5.41, 5.74) is 0.770. The molecular weight excluding hydrogens is 278 g/mol. The van der Waals surface area contributed by atoms with Crippen molar-refractivity contribution in [1.29, 1.82) is 0 Å². The van der Waals surface area contributed by atoms with Gasteiger partial charge in [0.1, 0.15) is 18.6 Å². The summed E-state index contributed by atoms with van der Waals surface area (Å²) in [5, 5.41) is -0.649. The van der Waals surface area contributed by atoms with Crippen molar-refractivity contribution in [3.63, 3.8) is 0 Å². The minimum absolute atomic E-state index is 0.0111. The average Bonchev–Trinajstić information content (AvgIpc) is 2.54. The zero-order chi connectivity index (χ0) is 13.9. The van der Waals surface area contributed by atoms with Gasteiger partial charge in [-0.25, -0.2) is 0 Å². The molecule has 1 atom stereocenters. The van der Waals surface area contributed by atoms with Gasteiger partial charge in [0.2, 0.25) is 5.91 Å². The minimum atomic E-state index is -0.649. The van der Waals surface area contributed by atoms with Crippen molar-refractivity contribution >= 4 is 17.5 Å². The number of fused-ring (bicyclic) bond motifs is 1. The third kappa shape index (κ3) is 2.70. The van der Waals surface area contributed by atoms with Crippen LogP contribution in [0, 0.1) is 0 Å². The van der Waals surface area contributed by atoms with Gasteiger partial charge in [0.25, 0.3) is 0 Å². The topological polar surface area (TPSA) is 38.8 Å². The van der Waals surface area contributed by atoms with Gasteiger partial charge >= 0.3 is 0 Å². The third-order valence-electron chi connectivity index (χ3n) is 3.74. The minimum Gasteiger partial charge on any atom is -0.486 e. The van der Waals surface area contributed by atoms with E-state index in [2.05, 4.69) is 0 Å². The highest BCUT2D eigenvalue weighted by Crippen LogP contribution is 2.35. The van der Waals surface area contributed by atoms with Gasteiger partial charge in [-0.15, -0.1) is 11.6 Å². The Hall–Kier alpha value is -1.42. The highest BCUT2D eigenvalue weighted by molar-refractivity contribution is 6.30. The van der Waals surface area contributed by atoms with Crippen molar-refractivity contribution < 1.29 is 14.3 Å². The zero-order valence-electron chi connectivity index (χ0n) is 11.3. The van der Waals surface area contributed by atoms with E-state index in [0.717, 1.165) is 31.5 Å². The number of nitrogens with zero attached hydrogens (tertiary/aromatic N) is 1. The molecule has 0 aliphatic carbocycles. The van der Waals surface area contributed by atoms with Crippen LogP contribution < -0.4 is 9.47 Å². The van der Waals surface area contributed by atoms with E-state index in [1.807, 2.05) is 23.1 Å². The Morgan fingerprint density at radius 1 is 1.10 bits per heavy atom. The standard InChI is InChI=1S/C15H18ClNO3/c16-14(15(18)17-6-2-1-3-7-17)11-4-5-12-13(10-11)20-9-8-19-12/h4-5,10,14H,1-3,6-9H2. The molecule has 0 spiro atoms. The zero-order valence-corrected chi connectivity index (χ0v) is 12.1. The van der Waals surface area contributed by atoms with Gasteiger partial charge < -0.3 is 14.4 Å². The normalized spacial score (nSPS) is 19.6. The molecule has 0 N–H and O–H groups in total. The number of benzene rings is 1. The van der Waals surface area contributed by atoms with Gasteiger partial charge in [-0.1, -0.05) is 6.07 Å². The number of carbonyl (C=O) groups is 1. The molecule has 2 aliphatic rings. The van der Waals surface area contributed by atoms with Crippen LogP contribution in [0.15, 0.2) is 18.2 Å². The third-order valence-corrected chi connectivity index (χ3v) is 4.18. The van der Waals surface area contributed by atoms with Gasteiger partial charge in [0.15, 0.2) is 11.5 Å². The van der Waals surface area contributed by atoms with E-state index in [9.17, 15) is 4.79 Å². The summed E-state index contributed by atoms with van der Waals surface area (Å²) in [4.78, 5) is 14.2. The van der Waals surface area contributed by atoms with E-state index < -0.39 is 5.38 Å². The number of likely N-dealkylation sites (tertiary alicyclic amines) is 1. The molecule has 0 saturated carbocycles. The monoisotopic (exact) mass is 295 g/mol. The molecule has 5 heteroatoms. The Labute approximate surface area is 123 Å². The fourth-order valence-electron chi connectivity index (χ4n) is 2.63. The number of amides is 1. The number of rotatable bonds is 2. The number of hydrogen-bond donors (Lipinski definition) is 0. The van der Waals surface area contributed by atoms with Crippen molar-refractivity contribution in [2.45, 2.75) is 24.6 Å². The molecule has 1 unspecified atom stereocenters. The van der Waals surface area contributed by atoms with E-state index in [0.29, 0.717) is 24.7 Å². The predicted molar refractivity (Wildman–Crippen MR) is 76.5 cm³/mol. The summed E-state index contributed by atoms with van der Waals surface area (Å²) in [5.74, 6) is 1.38. The molecule has 20 heavy (non-hydrogen) atoms. The Bertz CT molecular complexity index is 500. The van der Waals surface area contributed by atoms with Crippen molar-refractivity contribution in [2.75, 3.05) is 26.3 Å². The van der Waals surface area contributed by atoms with E-state index in [1.54, 1.807) is 0 Å². The molecule has 3 rings (SSSR count). The summed E-state index contributed by atoms with van der Waals surface area (Å²) >= 11 is 6.34. The summed E-state index contributed by atoms with van der Waals surface area (Å²) in [6, 6.07) is 5.48. The van der Waals surface area contributed by atoms with Crippen molar-refractivity contribution in [2.24, 2.45) is 0 Å². The van der Waals surface area contributed by atoms with Crippen LogP contribution in [0.3, 0.4) is 0 Å². The molecule has 0 bridgehead atoms. The molecule has 0 radical (unpaired) electrons. The number of ether oxygens (including phenoxy) is 2. The number of hydrogen-bond acceptors (Lipinski definition) is 3. The Balaban J connectivity index is 1.75. The maximum atomic E-state index is 12.4. The van der Waals surface area contributed by atoms with Gasteiger partial charge in [-0.2, -0.15) is 0 Å². The molecule has 1 fully saturated rings. The largest absolute Gasteiger partial charge is 0.486 e. The first kappa shape index (κ1) is 13.6. The van der Waals surface area contributed by atoms with E-state index in [1.165, 1.54) is 6.42 Å². The van der Waals surface area contributed by atoms with Crippen molar-refractivity contribution in [1.82, 2.24) is 4.90 Å². The highest BCUT2D eigenvalue weighted by atomic mass is 35.5. The van der Waals surface area contributed by atoms with Crippen molar-refractivity contribution in [3.05, 3.63) is 23.8 Å². The smallest absolute Gasteiger partial charge is 0.245 e. The lowest BCUT2D eigenvalue weighted by Gasteiger charge is -2.29. The predicted octanol–water partition coefficient (Wildman–Crippen LogP) is 2.75. The van der Waals surface area contributed by atoms with Gasteiger partial charge in [0.05, 0.1) is 0 Å². The number of carbonyl (C=O) groups excluding carboxylic acids is 1. The fourth-order valence-corrected chi connectivity index (χ4v) is 2.91. The van der Waals surface area contributed by atoms with Crippen LogP contribution in [0.5, 0.6) is 11.5 Å². The van der Waals surface area contributed by atoms with Gasteiger partial charge in [-0.05, 0) is 37.0 Å². The fraction of sp³-hybridized carbons (Fsp3) is 0.533. The lowest BCUT2D eigenvalue weighted by molar-refractivity contribution is -0.131. The van der Waals surface area contributed by atoms with Crippen LogP contribution >= 0.6 is 11.6 Å². The van der Waals surface area contributed by atoms with Gasteiger partial charge in [-0.3, -0.25) is 4.79 Å². The molecule has 1 amide bonds. The van der Waals surface area contributed by atoms with Crippen LogP contribution in [-0.2, 0) is 4.79 Å². The molecule has 2 aliphatic heterocycles. The first-order chi connectivity index (χ1) is 9.75. The first-order valence-corrected chi connectivity index (χ1v) is 7.52. The Morgan fingerprint density at radius 2 is 1.80 bits per heavy atom. The second-order valence-electron chi connectivity index (χ2n) is 5.15. The van der Waals surface area contributed by atoms with Crippen molar-refractivity contribution in [3.8, 4) is 11.5 Å². The summed E-state index contributed by atoms with van der Waals surface area (Å²) in [6.45, 7) is 2.71. The summed E-state index contributed by atoms with van der Waals surface area (Å²) in [7, 11) is 0. The van der Waals surface area contributed by atoms with E-state index >= 15 is 0 Å². The molecular formula is C15H18ClNO3. The SMILES string of the molecule is O=C(C(Cl)c1ccc2c(c1)OCCO2)N1CCCCC1. The van der Waals surface area contributed by atoms with Crippen LogP contribution in [-0.4, -0.2) is 37.1 Å². The van der Waals surface area contributed by atoms with Crippen LogP contribution in [0.1, 0.15) is 30.2 Å². The molecule has 1 aromatic rings. The summed E-state index contributed by atoms with van der Waals surface area (Å²) < 4.78 is 11.0. The number of alkyl halides is 1. The molecule has 0 aromatic heterocycles. The average molecular weight is 296 g/mol. The van der Waals surface area contributed by atoms with E-state index in [-0.39, 0.29) is 5.91 Å². The molecule has 1 aromatic carbocycles. The lowest BCUT2D eigenvalue weighted by atomic mass is 10.1. The quantitative estimate of drug-likeness (QED) is 0.788. The maximum Gasteiger partial charge on any atom is 0.245 e. The molecule has 108 valence electrons. The number of piperidine rings is 1. The maximum absolute atomic E-state index is 12.4. The van der Waals surface area contributed by atoms with Crippen LogP contribution in [0.4, 0.5) is 0 Å². The first-order valence-electron chi connectivity index (χ1n) is 7.08. The second-order valence-corrected chi connectivity index (χ2v) is 5.59. The molecule has 2 heterocycles. The van der Waals surface area contributed by atoms with Crippen LogP contribution in [0.2, 0.25) is 0 Å². The van der Waals surface area contributed by atoms with Gasteiger partial charge in [0, 0.05) is 13.1 Å².